The number of carboxylic acid groups (broad SMARTS) is 1. The van der Waals surface area contributed by atoms with E-state index in [9.17, 15) is 9.59 Å². The molecule has 0 saturated heterocycles. The summed E-state index contributed by atoms with van der Waals surface area (Å²) in [5.41, 5.74) is 3.17. The first-order valence-electron chi connectivity index (χ1n) is 6.45. The molecule has 2 aromatic rings. The fraction of sp³-hybridized carbons (Fsp3) is 0.357. The lowest BCUT2D eigenvalue weighted by Crippen LogP contribution is -2.38. The van der Waals surface area contributed by atoms with Crippen LogP contribution in [0.2, 0.25) is 0 Å². The van der Waals surface area contributed by atoms with Crippen LogP contribution in [0.1, 0.15) is 35.6 Å². The number of aromatic nitrogens is 2. The van der Waals surface area contributed by atoms with E-state index in [0.29, 0.717) is 5.56 Å². The summed E-state index contributed by atoms with van der Waals surface area (Å²) in [6, 6.07) is 2.48. The molecule has 0 aliphatic heterocycles. The number of imidazole rings is 1. The van der Waals surface area contributed by atoms with Gasteiger partial charge in [0, 0.05) is 11.9 Å². The molecule has 6 heteroatoms. The standard InChI is InChI=1S/C14H17N3O3/c1-4-11-9(3)17-7-10(5-6-12(17)16-11)13(18)15-8(2)14(19)20/h5-8H,4H2,1-3H3,(H,15,18)(H,19,20). The number of hydrogen-bond donors (Lipinski definition) is 2. The van der Waals surface area contributed by atoms with Crippen molar-refractivity contribution in [2.75, 3.05) is 0 Å². The van der Waals surface area contributed by atoms with Gasteiger partial charge in [0.15, 0.2) is 0 Å². The Balaban J connectivity index is 2.34. The van der Waals surface area contributed by atoms with Crippen LogP contribution in [0.5, 0.6) is 0 Å². The predicted octanol–water partition coefficient (Wildman–Crippen LogP) is 1.41. The summed E-state index contributed by atoms with van der Waals surface area (Å²) in [7, 11) is 0. The number of aryl methyl sites for hydroxylation is 2. The van der Waals surface area contributed by atoms with Gasteiger partial charge in [-0.2, -0.15) is 0 Å². The number of rotatable bonds is 4. The Morgan fingerprint density at radius 1 is 1.45 bits per heavy atom. The number of carbonyl (C=O) groups excluding carboxylic acids is 1. The Morgan fingerprint density at radius 3 is 2.75 bits per heavy atom. The van der Waals surface area contributed by atoms with E-state index in [1.54, 1.807) is 18.3 Å². The van der Waals surface area contributed by atoms with Gasteiger partial charge in [-0.25, -0.2) is 4.98 Å². The van der Waals surface area contributed by atoms with Crippen molar-refractivity contribution in [3.8, 4) is 0 Å². The molecular formula is C14H17N3O3. The number of fused-ring (bicyclic) bond motifs is 1. The van der Waals surface area contributed by atoms with E-state index in [1.165, 1.54) is 6.92 Å². The third-order valence-corrected chi connectivity index (χ3v) is 3.27. The molecule has 2 heterocycles. The van der Waals surface area contributed by atoms with Gasteiger partial charge >= 0.3 is 5.97 Å². The molecule has 0 bridgehead atoms. The Bertz CT molecular complexity index is 676. The average molecular weight is 275 g/mol. The van der Waals surface area contributed by atoms with Gasteiger partial charge < -0.3 is 14.8 Å². The minimum Gasteiger partial charge on any atom is -0.480 e. The average Bonchev–Trinajstić information content (AvgIpc) is 2.74. The zero-order valence-corrected chi connectivity index (χ0v) is 11.7. The molecule has 0 spiro atoms. The summed E-state index contributed by atoms with van der Waals surface area (Å²) in [5.74, 6) is -1.47. The second-order valence-corrected chi connectivity index (χ2v) is 4.68. The number of aliphatic carboxylic acids is 1. The zero-order valence-electron chi connectivity index (χ0n) is 11.7. The molecule has 0 aliphatic rings. The molecule has 0 fully saturated rings. The van der Waals surface area contributed by atoms with Crippen LogP contribution < -0.4 is 5.32 Å². The van der Waals surface area contributed by atoms with Crippen molar-refractivity contribution >= 4 is 17.5 Å². The van der Waals surface area contributed by atoms with Gasteiger partial charge in [0.1, 0.15) is 11.7 Å². The lowest BCUT2D eigenvalue weighted by atomic mass is 10.2. The summed E-state index contributed by atoms with van der Waals surface area (Å²) in [6.07, 6.45) is 2.51. The van der Waals surface area contributed by atoms with E-state index in [4.69, 9.17) is 5.11 Å². The molecule has 20 heavy (non-hydrogen) atoms. The maximum atomic E-state index is 12.0. The third kappa shape index (κ3) is 2.49. The summed E-state index contributed by atoms with van der Waals surface area (Å²) in [5, 5.41) is 11.2. The third-order valence-electron chi connectivity index (χ3n) is 3.27. The normalized spacial score (nSPS) is 12.3. The molecule has 0 aromatic carbocycles. The maximum absolute atomic E-state index is 12.0. The van der Waals surface area contributed by atoms with Crippen LogP contribution in [0.3, 0.4) is 0 Å². The molecule has 0 radical (unpaired) electrons. The first-order chi connectivity index (χ1) is 9.43. The van der Waals surface area contributed by atoms with Crippen molar-refractivity contribution in [2.24, 2.45) is 0 Å². The molecule has 0 saturated carbocycles. The molecule has 2 rings (SSSR count). The number of hydrogen-bond acceptors (Lipinski definition) is 3. The van der Waals surface area contributed by atoms with Crippen LogP contribution in [0.25, 0.3) is 5.65 Å². The van der Waals surface area contributed by atoms with Gasteiger partial charge in [-0.15, -0.1) is 0 Å². The summed E-state index contributed by atoms with van der Waals surface area (Å²) >= 11 is 0. The molecular weight excluding hydrogens is 258 g/mol. The van der Waals surface area contributed by atoms with Gasteiger partial charge in [0.05, 0.1) is 11.3 Å². The first kappa shape index (κ1) is 14.0. The van der Waals surface area contributed by atoms with Crippen LogP contribution in [0, 0.1) is 6.92 Å². The van der Waals surface area contributed by atoms with Crippen LogP contribution in [-0.2, 0) is 11.2 Å². The molecule has 2 aromatic heterocycles. The second-order valence-electron chi connectivity index (χ2n) is 4.68. The Hall–Kier alpha value is -2.37. The molecule has 1 atom stereocenters. The minimum absolute atomic E-state index is 0.409. The SMILES string of the molecule is CCc1nc2ccc(C(=O)NC(C)C(=O)O)cn2c1C. The first-order valence-corrected chi connectivity index (χ1v) is 6.45. The number of amides is 1. The van der Waals surface area contributed by atoms with Gasteiger partial charge in [-0.05, 0) is 32.4 Å². The largest absolute Gasteiger partial charge is 0.480 e. The maximum Gasteiger partial charge on any atom is 0.325 e. The van der Waals surface area contributed by atoms with Crippen molar-refractivity contribution < 1.29 is 14.7 Å². The van der Waals surface area contributed by atoms with Gasteiger partial charge in [0.2, 0.25) is 0 Å². The Kier molecular flexibility index (Phi) is 3.74. The van der Waals surface area contributed by atoms with E-state index < -0.39 is 17.9 Å². The van der Waals surface area contributed by atoms with Crippen LogP contribution in [0.4, 0.5) is 0 Å². The second kappa shape index (κ2) is 5.32. The highest BCUT2D eigenvalue weighted by Gasteiger charge is 2.16. The lowest BCUT2D eigenvalue weighted by molar-refractivity contribution is -0.138. The zero-order chi connectivity index (χ0) is 14.9. The van der Waals surface area contributed by atoms with Gasteiger partial charge in [-0.1, -0.05) is 6.92 Å². The summed E-state index contributed by atoms with van der Waals surface area (Å²) in [6.45, 7) is 5.40. The highest BCUT2D eigenvalue weighted by Crippen LogP contribution is 2.14. The summed E-state index contributed by atoms with van der Waals surface area (Å²) < 4.78 is 1.85. The van der Waals surface area contributed by atoms with Gasteiger partial charge in [-0.3, -0.25) is 9.59 Å². The van der Waals surface area contributed by atoms with Crippen LogP contribution >= 0.6 is 0 Å². The number of carbonyl (C=O) groups is 2. The van der Waals surface area contributed by atoms with Crippen molar-refractivity contribution in [3.05, 3.63) is 35.3 Å². The van der Waals surface area contributed by atoms with Crippen molar-refractivity contribution in [1.82, 2.24) is 14.7 Å². The smallest absolute Gasteiger partial charge is 0.325 e. The predicted molar refractivity (Wildman–Crippen MR) is 73.9 cm³/mol. The fourth-order valence-electron chi connectivity index (χ4n) is 2.02. The van der Waals surface area contributed by atoms with Crippen molar-refractivity contribution in [2.45, 2.75) is 33.2 Å². The Labute approximate surface area is 116 Å². The van der Waals surface area contributed by atoms with Crippen molar-refractivity contribution in [3.63, 3.8) is 0 Å². The quantitative estimate of drug-likeness (QED) is 0.883. The monoisotopic (exact) mass is 275 g/mol. The minimum atomic E-state index is -1.06. The highest BCUT2D eigenvalue weighted by atomic mass is 16.4. The van der Waals surface area contributed by atoms with Crippen LogP contribution in [0.15, 0.2) is 18.3 Å². The highest BCUT2D eigenvalue weighted by molar-refractivity contribution is 5.96. The number of carboxylic acids is 1. The van der Waals surface area contributed by atoms with E-state index >= 15 is 0 Å². The number of nitrogens with zero attached hydrogens (tertiary/aromatic N) is 2. The van der Waals surface area contributed by atoms with E-state index in [0.717, 1.165) is 23.5 Å². The fourth-order valence-corrected chi connectivity index (χ4v) is 2.02. The molecule has 6 nitrogen and oxygen atoms in total. The van der Waals surface area contributed by atoms with Gasteiger partial charge in [0.25, 0.3) is 5.91 Å². The summed E-state index contributed by atoms with van der Waals surface area (Å²) in [4.78, 5) is 27.2. The topological polar surface area (TPSA) is 83.7 Å². The molecule has 0 aliphatic carbocycles. The van der Waals surface area contributed by atoms with Crippen molar-refractivity contribution in [1.29, 1.82) is 0 Å². The van der Waals surface area contributed by atoms with Crippen LogP contribution in [-0.4, -0.2) is 32.4 Å². The lowest BCUT2D eigenvalue weighted by Gasteiger charge is -2.09. The molecule has 2 N–H and O–H groups in total. The number of pyridine rings is 1. The van der Waals surface area contributed by atoms with E-state index in [2.05, 4.69) is 10.3 Å². The number of nitrogens with one attached hydrogen (secondary N) is 1. The molecule has 106 valence electrons. The molecule has 1 amide bonds. The van der Waals surface area contributed by atoms with E-state index in [1.807, 2.05) is 18.2 Å². The van der Waals surface area contributed by atoms with E-state index in [-0.39, 0.29) is 0 Å². The molecule has 1 unspecified atom stereocenters. The Morgan fingerprint density at radius 2 is 2.15 bits per heavy atom.